The van der Waals surface area contributed by atoms with Gasteiger partial charge in [0.15, 0.2) is 0 Å². The molecule has 2 heterocycles. The van der Waals surface area contributed by atoms with E-state index in [0.717, 1.165) is 17.7 Å². The zero-order valence-electron chi connectivity index (χ0n) is 15.1. The molecule has 0 aliphatic carbocycles. The first-order valence-corrected chi connectivity index (χ1v) is 8.67. The van der Waals surface area contributed by atoms with Crippen molar-refractivity contribution in [3.63, 3.8) is 0 Å². The van der Waals surface area contributed by atoms with Crippen molar-refractivity contribution >= 4 is 5.91 Å². The van der Waals surface area contributed by atoms with Gasteiger partial charge in [-0.1, -0.05) is 12.1 Å². The molecule has 1 aromatic carbocycles. The number of benzene rings is 1. The van der Waals surface area contributed by atoms with Gasteiger partial charge in [0.05, 0.1) is 31.9 Å². The normalized spacial score (nSPS) is 19.4. The van der Waals surface area contributed by atoms with Crippen molar-refractivity contribution in [3.05, 3.63) is 54.4 Å². The van der Waals surface area contributed by atoms with Crippen molar-refractivity contribution in [2.24, 2.45) is 0 Å². The van der Waals surface area contributed by atoms with Gasteiger partial charge in [0.25, 0.3) is 0 Å². The van der Waals surface area contributed by atoms with Crippen LogP contribution in [0.4, 0.5) is 0 Å². The van der Waals surface area contributed by atoms with Crippen LogP contribution in [0.2, 0.25) is 0 Å². The third-order valence-corrected chi connectivity index (χ3v) is 4.60. The predicted octanol–water partition coefficient (Wildman–Crippen LogP) is 2.33. The van der Waals surface area contributed by atoms with Crippen LogP contribution in [0.1, 0.15) is 12.0 Å². The Balaban J connectivity index is 1.65. The summed E-state index contributed by atoms with van der Waals surface area (Å²) in [5, 5.41) is 0. The van der Waals surface area contributed by atoms with Gasteiger partial charge in [0.1, 0.15) is 18.1 Å². The molecule has 1 aliphatic rings. The Kier molecular flexibility index (Phi) is 6.07. The Morgan fingerprint density at radius 1 is 1.23 bits per heavy atom. The van der Waals surface area contributed by atoms with Gasteiger partial charge in [-0.05, 0) is 36.2 Å². The number of rotatable bonds is 7. The van der Waals surface area contributed by atoms with Crippen LogP contribution >= 0.6 is 0 Å². The molecule has 2 atom stereocenters. The number of methoxy groups -OCH3 is 2. The van der Waals surface area contributed by atoms with Gasteiger partial charge < -0.3 is 19.1 Å². The number of pyridine rings is 1. The second-order valence-corrected chi connectivity index (χ2v) is 6.32. The standard InChI is InChI=1S/C20H24N2O4/c1-24-17-6-3-5-15(9-17)10-20(23)22-13-19(25-2)11-16(22)14-26-18-7-4-8-21-12-18/h3-9,12,16,19H,10-11,13-14H2,1-2H3/t16-,19+/m0/s1. The lowest BCUT2D eigenvalue weighted by Gasteiger charge is -2.24. The van der Waals surface area contributed by atoms with Crippen LogP contribution in [0.25, 0.3) is 0 Å². The van der Waals surface area contributed by atoms with Crippen molar-refractivity contribution in [3.8, 4) is 11.5 Å². The van der Waals surface area contributed by atoms with Gasteiger partial charge in [-0.2, -0.15) is 0 Å². The molecular formula is C20H24N2O4. The molecule has 6 nitrogen and oxygen atoms in total. The molecule has 1 saturated heterocycles. The first-order chi connectivity index (χ1) is 12.7. The van der Waals surface area contributed by atoms with E-state index in [1.165, 1.54) is 0 Å². The van der Waals surface area contributed by atoms with Crippen LogP contribution in [-0.2, 0) is 16.0 Å². The van der Waals surface area contributed by atoms with E-state index >= 15 is 0 Å². The molecule has 2 aromatic rings. The van der Waals surface area contributed by atoms with E-state index in [9.17, 15) is 4.79 Å². The van der Waals surface area contributed by atoms with Crippen LogP contribution in [0.5, 0.6) is 11.5 Å². The van der Waals surface area contributed by atoms with E-state index in [1.54, 1.807) is 26.6 Å². The van der Waals surface area contributed by atoms with Crippen LogP contribution < -0.4 is 9.47 Å². The Bertz CT molecular complexity index is 723. The number of likely N-dealkylation sites (tertiary alicyclic amines) is 1. The summed E-state index contributed by atoms with van der Waals surface area (Å²) in [6.45, 7) is 1.01. The van der Waals surface area contributed by atoms with E-state index in [2.05, 4.69) is 4.98 Å². The van der Waals surface area contributed by atoms with Gasteiger partial charge in [0, 0.05) is 19.9 Å². The Morgan fingerprint density at radius 2 is 2.08 bits per heavy atom. The summed E-state index contributed by atoms with van der Waals surface area (Å²) in [4.78, 5) is 18.8. The molecule has 0 unspecified atom stereocenters. The smallest absolute Gasteiger partial charge is 0.227 e. The average Bonchev–Trinajstić information content (AvgIpc) is 3.11. The maximum Gasteiger partial charge on any atom is 0.227 e. The van der Waals surface area contributed by atoms with Crippen molar-refractivity contribution in [1.29, 1.82) is 0 Å². The fourth-order valence-electron chi connectivity index (χ4n) is 3.19. The zero-order valence-corrected chi connectivity index (χ0v) is 15.1. The minimum absolute atomic E-state index is 0.0155. The van der Waals surface area contributed by atoms with Gasteiger partial charge >= 0.3 is 0 Å². The Morgan fingerprint density at radius 3 is 2.81 bits per heavy atom. The fourth-order valence-corrected chi connectivity index (χ4v) is 3.19. The SMILES string of the molecule is COc1cccc(CC(=O)N2C[C@H](OC)C[C@H]2COc2cccnc2)c1. The first kappa shape index (κ1) is 18.2. The van der Waals surface area contributed by atoms with Crippen LogP contribution in [-0.4, -0.2) is 55.3 Å². The summed E-state index contributed by atoms with van der Waals surface area (Å²) in [6, 6.07) is 11.3. The van der Waals surface area contributed by atoms with Crippen molar-refractivity contribution < 1.29 is 19.0 Å². The lowest BCUT2D eigenvalue weighted by Crippen LogP contribution is -2.40. The predicted molar refractivity (Wildman–Crippen MR) is 97.3 cm³/mol. The molecule has 1 aromatic heterocycles. The summed E-state index contributed by atoms with van der Waals surface area (Å²) in [5.41, 5.74) is 0.933. The molecule has 0 radical (unpaired) electrons. The molecule has 1 aliphatic heterocycles. The Labute approximate surface area is 153 Å². The molecule has 0 saturated carbocycles. The third-order valence-electron chi connectivity index (χ3n) is 4.60. The number of aromatic nitrogens is 1. The summed E-state index contributed by atoms with van der Waals surface area (Å²) in [7, 11) is 3.30. The van der Waals surface area contributed by atoms with Gasteiger partial charge in [-0.15, -0.1) is 0 Å². The van der Waals surface area contributed by atoms with Gasteiger partial charge in [-0.25, -0.2) is 0 Å². The second-order valence-electron chi connectivity index (χ2n) is 6.32. The highest BCUT2D eigenvalue weighted by Gasteiger charge is 2.35. The number of amides is 1. The molecular weight excluding hydrogens is 332 g/mol. The molecule has 138 valence electrons. The van der Waals surface area contributed by atoms with E-state index in [1.807, 2.05) is 41.3 Å². The number of carbonyl (C=O) groups excluding carboxylic acids is 1. The van der Waals surface area contributed by atoms with E-state index in [4.69, 9.17) is 14.2 Å². The number of hydrogen-bond acceptors (Lipinski definition) is 5. The topological polar surface area (TPSA) is 60.9 Å². The minimum Gasteiger partial charge on any atom is -0.497 e. The number of ether oxygens (including phenoxy) is 3. The maximum atomic E-state index is 12.9. The molecule has 0 N–H and O–H groups in total. The number of carbonyl (C=O) groups is 1. The third kappa shape index (κ3) is 4.52. The van der Waals surface area contributed by atoms with Crippen LogP contribution in [0, 0.1) is 0 Å². The molecule has 0 bridgehead atoms. The highest BCUT2D eigenvalue weighted by molar-refractivity contribution is 5.79. The molecule has 26 heavy (non-hydrogen) atoms. The fraction of sp³-hybridized carbons (Fsp3) is 0.400. The first-order valence-electron chi connectivity index (χ1n) is 8.67. The summed E-state index contributed by atoms with van der Waals surface area (Å²) in [5.74, 6) is 1.52. The molecule has 6 heteroatoms. The van der Waals surface area contributed by atoms with E-state index in [-0.39, 0.29) is 18.1 Å². The van der Waals surface area contributed by atoms with E-state index in [0.29, 0.717) is 25.3 Å². The largest absolute Gasteiger partial charge is 0.497 e. The molecule has 0 spiro atoms. The number of nitrogens with zero attached hydrogens (tertiary/aromatic N) is 2. The lowest BCUT2D eigenvalue weighted by atomic mass is 10.1. The van der Waals surface area contributed by atoms with Gasteiger partial charge in [-0.3, -0.25) is 9.78 Å². The summed E-state index contributed by atoms with van der Waals surface area (Å²) in [6.07, 6.45) is 4.50. The van der Waals surface area contributed by atoms with Gasteiger partial charge in [0.2, 0.25) is 5.91 Å². The molecule has 1 fully saturated rings. The van der Waals surface area contributed by atoms with Crippen LogP contribution in [0.3, 0.4) is 0 Å². The quantitative estimate of drug-likeness (QED) is 0.762. The maximum absolute atomic E-state index is 12.9. The molecule has 3 rings (SSSR count). The Hall–Kier alpha value is -2.60. The van der Waals surface area contributed by atoms with E-state index < -0.39 is 0 Å². The summed E-state index contributed by atoms with van der Waals surface area (Å²) >= 11 is 0. The van der Waals surface area contributed by atoms with Crippen LogP contribution in [0.15, 0.2) is 48.8 Å². The van der Waals surface area contributed by atoms with Crippen molar-refractivity contribution in [1.82, 2.24) is 9.88 Å². The van der Waals surface area contributed by atoms with Crippen molar-refractivity contribution in [2.45, 2.75) is 25.0 Å². The summed E-state index contributed by atoms with van der Waals surface area (Å²) < 4.78 is 16.5. The monoisotopic (exact) mass is 356 g/mol. The lowest BCUT2D eigenvalue weighted by molar-refractivity contribution is -0.132. The number of hydrogen-bond donors (Lipinski definition) is 0. The zero-order chi connectivity index (χ0) is 18.4. The van der Waals surface area contributed by atoms with Crippen molar-refractivity contribution in [2.75, 3.05) is 27.4 Å². The highest BCUT2D eigenvalue weighted by Crippen LogP contribution is 2.23. The minimum atomic E-state index is -0.0155. The average molecular weight is 356 g/mol. The second kappa shape index (κ2) is 8.67. The molecule has 1 amide bonds. The highest BCUT2D eigenvalue weighted by atomic mass is 16.5.